The summed E-state index contributed by atoms with van der Waals surface area (Å²) in [6.45, 7) is 2.72. The van der Waals surface area contributed by atoms with Gasteiger partial charge >= 0.3 is 5.97 Å². The first-order valence-electron chi connectivity index (χ1n) is 10.8. The Morgan fingerprint density at radius 1 is 1.15 bits per heavy atom. The number of ether oxygens (including phenoxy) is 2. The minimum absolute atomic E-state index is 0.0414. The summed E-state index contributed by atoms with van der Waals surface area (Å²) in [7, 11) is 2.98. The normalized spacial score (nSPS) is 15.2. The number of benzene rings is 1. The molecule has 5 rings (SSSR count). The molecule has 0 amide bonds. The van der Waals surface area contributed by atoms with Crippen molar-refractivity contribution in [2.45, 2.75) is 32.2 Å². The Balaban J connectivity index is 1.51. The van der Waals surface area contributed by atoms with Gasteiger partial charge in [0.05, 0.1) is 31.8 Å². The van der Waals surface area contributed by atoms with E-state index >= 15 is 0 Å². The molecule has 0 saturated carbocycles. The Labute approximate surface area is 191 Å². The maximum atomic E-state index is 12.0. The van der Waals surface area contributed by atoms with Crippen molar-refractivity contribution in [2.75, 3.05) is 14.2 Å². The standard InChI is InChI=1S/C24H24N6O3/c1-15-13-29(14-25-15)20-10-9-19(26-23(20)32-2)21-27-22-18(8-5-11-30(22)28-21)16-6-4-7-17(12-16)24(31)33-3/h4,6-7,9-10,12-14,18H,5,8,11H2,1-3H3. The van der Waals surface area contributed by atoms with Crippen molar-refractivity contribution < 1.29 is 14.3 Å². The highest BCUT2D eigenvalue weighted by Gasteiger charge is 2.27. The predicted molar refractivity (Wildman–Crippen MR) is 121 cm³/mol. The van der Waals surface area contributed by atoms with E-state index in [1.54, 1.807) is 19.5 Å². The van der Waals surface area contributed by atoms with Gasteiger partial charge in [-0.05, 0) is 49.6 Å². The first-order valence-corrected chi connectivity index (χ1v) is 10.8. The van der Waals surface area contributed by atoms with Gasteiger partial charge in [0.1, 0.15) is 17.2 Å². The second-order valence-electron chi connectivity index (χ2n) is 7.98. The Kier molecular flexibility index (Phi) is 5.37. The van der Waals surface area contributed by atoms with Crippen molar-refractivity contribution in [3.05, 3.63) is 71.6 Å². The summed E-state index contributed by atoms with van der Waals surface area (Å²) in [6.07, 6.45) is 5.55. The van der Waals surface area contributed by atoms with Crippen LogP contribution in [-0.4, -0.2) is 49.5 Å². The maximum Gasteiger partial charge on any atom is 0.337 e. The zero-order chi connectivity index (χ0) is 22.9. The summed E-state index contributed by atoms with van der Waals surface area (Å²) < 4.78 is 14.2. The van der Waals surface area contributed by atoms with Crippen molar-refractivity contribution in [1.29, 1.82) is 0 Å². The molecule has 0 fully saturated rings. The number of aromatic nitrogens is 6. The summed E-state index contributed by atoms with van der Waals surface area (Å²) >= 11 is 0. The van der Waals surface area contributed by atoms with Crippen LogP contribution in [0.15, 0.2) is 48.9 Å². The third kappa shape index (κ3) is 3.86. The molecule has 1 atom stereocenters. The number of nitrogens with zero attached hydrogens (tertiary/aromatic N) is 6. The predicted octanol–water partition coefficient (Wildman–Crippen LogP) is 3.56. The fraction of sp³-hybridized carbons (Fsp3) is 0.292. The quantitative estimate of drug-likeness (QED) is 0.434. The van der Waals surface area contributed by atoms with Crippen LogP contribution in [0.1, 0.15) is 46.2 Å². The van der Waals surface area contributed by atoms with Crippen LogP contribution in [-0.2, 0) is 11.3 Å². The molecule has 4 aromatic rings. The van der Waals surface area contributed by atoms with E-state index in [1.807, 2.05) is 52.7 Å². The number of carbonyl (C=O) groups is 1. The first-order chi connectivity index (χ1) is 16.1. The van der Waals surface area contributed by atoms with Crippen LogP contribution in [0.2, 0.25) is 0 Å². The summed E-state index contributed by atoms with van der Waals surface area (Å²) in [5.41, 5.74) is 3.89. The van der Waals surface area contributed by atoms with Crippen molar-refractivity contribution in [2.24, 2.45) is 0 Å². The highest BCUT2D eigenvalue weighted by atomic mass is 16.5. The van der Waals surface area contributed by atoms with Crippen LogP contribution in [0.5, 0.6) is 5.88 Å². The van der Waals surface area contributed by atoms with Crippen LogP contribution in [0, 0.1) is 6.92 Å². The molecule has 0 spiro atoms. The van der Waals surface area contributed by atoms with Gasteiger partial charge in [-0.15, -0.1) is 5.10 Å². The molecule has 1 aliphatic heterocycles. The molecule has 3 aromatic heterocycles. The zero-order valence-corrected chi connectivity index (χ0v) is 18.7. The maximum absolute atomic E-state index is 12.0. The van der Waals surface area contributed by atoms with Crippen LogP contribution in [0.4, 0.5) is 0 Å². The topological polar surface area (TPSA) is 97.0 Å². The van der Waals surface area contributed by atoms with Gasteiger partial charge in [-0.3, -0.25) is 0 Å². The molecule has 0 saturated heterocycles. The number of aryl methyl sites for hydroxylation is 2. The molecule has 168 valence electrons. The van der Waals surface area contributed by atoms with Crippen molar-refractivity contribution in [1.82, 2.24) is 29.3 Å². The van der Waals surface area contributed by atoms with Crippen molar-refractivity contribution >= 4 is 5.97 Å². The zero-order valence-electron chi connectivity index (χ0n) is 18.7. The largest absolute Gasteiger partial charge is 0.479 e. The fourth-order valence-corrected chi connectivity index (χ4v) is 4.23. The van der Waals surface area contributed by atoms with E-state index in [-0.39, 0.29) is 11.9 Å². The Hall–Kier alpha value is -4.01. The second-order valence-corrected chi connectivity index (χ2v) is 7.98. The van der Waals surface area contributed by atoms with Gasteiger partial charge in [0.25, 0.3) is 0 Å². The van der Waals surface area contributed by atoms with Gasteiger partial charge in [0, 0.05) is 18.7 Å². The molecule has 33 heavy (non-hydrogen) atoms. The highest BCUT2D eigenvalue weighted by Crippen LogP contribution is 2.34. The molecular weight excluding hydrogens is 420 g/mol. The minimum atomic E-state index is -0.348. The number of methoxy groups -OCH3 is 2. The van der Waals surface area contributed by atoms with E-state index in [1.165, 1.54) is 7.11 Å². The molecule has 0 aliphatic carbocycles. The van der Waals surface area contributed by atoms with Gasteiger partial charge < -0.3 is 14.0 Å². The average molecular weight is 444 g/mol. The molecule has 1 unspecified atom stereocenters. The highest BCUT2D eigenvalue weighted by molar-refractivity contribution is 5.89. The molecule has 4 heterocycles. The number of imidazole rings is 1. The molecule has 9 nitrogen and oxygen atoms in total. The van der Waals surface area contributed by atoms with Gasteiger partial charge in [0.15, 0.2) is 5.82 Å². The number of fused-ring (bicyclic) bond motifs is 1. The molecule has 1 aliphatic rings. The summed E-state index contributed by atoms with van der Waals surface area (Å²) in [5, 5.41) is 4.73. The van der Waals surface area contributed by atoms with Crippen molar-refractivity contribution in [3.8, 4) is 23.1 Å². The average Bonchev–Trinajstić information content (AvgIpc) is 3.49. The lowest BCUT2D eigenvalue weighted by Crippen LogP contribution is -2.18. The number of esters is 1. The Morgan fingerprint density at radius 2 is 2.03 bits per heavy atom. The van der Waals surface area contributed by atoms with E-state index in [0.29, 0.717) is 23.0 Å². The van der Waals surface area contributed by atoms with Crippen molar-refractivity contribution in [3.63, 3.8) is 0 Å². The van der Waals surface area contributed by atoms with E-state index < -0.39 is 0 Å². The lowest BCUT2D eigenvalue weighted by atomic mass is 9.90. The smallest absolute Gasteiger partial charge is 0.337 e. The number of hydrogen-bond acceptors (Lipinski definition) is 7. The van der Waals surface area contributed by atoms with E-state index in [0.717, 1.165) is 42.2 Å². The Morgan fingerprint density at radius 3 is 2.79 bits per heavy atom. The van der Waals surface area contributed by atoms with Gasteiger partial charge in [-0.1, -0.05) is 12.1 Å². The Bertz CT molecular complexity index is 1330. The van der Waals surface area contributed by atoms with E-state index in [4.69, 9.17) is 19.6 Å². The summed E-state index contributed by atoms with van der Waals surface area (Å²) in [6, 6.07) is 11.4. The molecule has 0 radical (unpaired) electrons. The molecule has 0 bridgehead atoms. The number of rotatable bonds is 5. The number of carbonyl (C=O) groups excluding carboxylic acids is 1. The molecule has 1 aromatic carbocycles. The summed E-state index contributed by atoms with van der Waals surface area (Å²) in [4.78, 5) is 25.8. The third-order valence-electron chi connectivity index (χ3n) is 5.84. The first kappa shape index (κ1) is 20.9. The lowest BCUT2D eigenvalue weighted by Gasteiger charge is -2.22. The number of hydrogen-bond donors (Lipinski definition) is 0. The fourth-order valence-electron chi connectivity index (χ4n) is 4.23. The second kappa shape index (κ2) is 8.50. The summed E-state index contributed by atoms with van der Waals surface area (Å²) in [5.74, 6) is 1.58. The SMILES string of the molecule is COC(=O)c1cccc(C2CCCn3nc(-c4ccc(-n5cnc(C)c5)c(OC)n4)nc32)c1. The van der Waals surface area contributed by atoms with Crippen LogP contribution in [0.25, 0.3) is 17.2 Å². The van der Waals surface area contributed by atoms with E-state index in [2.05, 4.69) is 9.97 Å². The van der Waals surface area contributed by atoms with Crippen LogP contribution >= 0.6 is 0 Å². The van der Waals surface area contributed by atoms with E-state index in [9.17, 15) is 4.79 Å². The molecule has 0 N–H and O–H groups in total. The molecular formula is C24H24N6O3. The van der Waals surface area contributed by atoms with Crippen LogP contribution in [0.3, 0.4) is 0 Å². The van der Waals surface area contributed by atoms with Gasteiger partial charge in [0.2, 0.25) is 5.88 Å². The van der Waals surface area contributed by atoms with Gasteiger partial charge in [-0.25, -0.2) is 24.4 Å². The van der Waals surface area contributed by atoms with Gasteiger partial charge in [-0.2, -0.15) is 0 Å². The lowest BCUT2D eigenvalue weighted by molar-refractivity contribution is 0.0600. The minimum Gasteiger partial charge on any atom is -0.479 e. The third-order valence-corrected chi connectivity index (χ3v) is 5.84. The van der Waals surface area contributed by atoms with Crippen LogP contribution < -0.4 is 4.74 Å². The molecule has 9 heteroatoms. The number of pyridine rings is 1. The monoisotopic (exact) mass is 444 g/mol.